The molecular weight excluding hydrogens is 647 g/mol. The van der Waals surface area contributed by atoms with Crippen LogP contribution < -0.4 is 4.90 Å². The maximum Gasteiger partial charge on any atom is 0.136 e. The molecule has 0 amide bonds. The minimum atomic E-state index is 0.906. The summed E-state index contributed by atoms with van der Waals surface area (Å²) >= 11 is 0. The molecule has 0 saturated carbocycles. The summed E-state index contributed by atoms with van der Waals surface area (Å²) < 4.78 is 12.3. The van der Waals surface area contributed by atoms with Crippen molar-refractivity contribution in [3.05, 3.63) is 193 Å². The Hall–Kier alpha value is -6.58. The SMILES string of the molecule is C/C=C(\C=C(C)C)N(c1ccc(-c2cccc3oc4ccccc4c23)cc1)c1ccc(-c2cccc3oc4ccccc4c23)cc1.Cc1ccccc1. The van der Waals surface area contributed by atoms with Gasteiger partial charge in [-0.1, -0.05) is 132 Å². The largest absolute Gasteiger partial charge is 0.456 e. The van der Waals surface area contributed by atoms with E-state index in [2.05, 4.69) is 154 Å². The zero-order valence-electron chi connectivity index (χ0n) is 30.5. The molecule has 0 spiro atoms. The Morgan fingerprint density at radius 1 is 0.472 bits per heavy atom. The van der Waals surface area contributed by atoms with Crippen LogP contribution in [0.15, 0.2) is 196 Å². The number of benzene rings is 7. The fourth-order valence-corrected chi connectivity index (χ4v) is 7.16. The molecule has 2 heterocycles. The van der Waals surface area contributed by atoms with Crippen molar-refractivity contribution in [2.45, 2.75) is 27.7 Å². The van der Waals surface area contributed by atoms with Crippen LogP contribution in [0, 0.1) is 6.92 Å². The molecule has 0 saturated heterocycles. The van der Waals surface area contributed by atoms with Crippen LogP contribution in [0.4, 0.5) is 11.4 Å². The summed E-state index contributed by atoms with van der Waals surface area (Å²) in [7, 11) is 0. The number of hydrogen-bond acceptors (Lipinski definition) is 3. The van der Waals surface area contributed by atoms with Crippen LogP contribution in [0.5, 0.6) is 0 Å². The minimum absolute atomic E-state index is 0.906. The number of furan rings is 2. The van der Waals surface area contributed by atoms with Crippen molar-refractivity contribution in [3.8, 4) is 22.3 Å². The van der Waals surface area contributed by atoms with Gasteiger partial charge < -0.3 is 13.7 Å². The lowest BCUT2D eigenvalue weighted by molar-refractivity contribution is 0.668. The number of para-hydroxylation sites is 2. The second kappa shape index (κ2) is 14.6. The Morgan fingerprint density at radius 2 is 0.906 bits per heavy atom. The lowest BCUT2D eigenvalue weighted by Gasteiger charge is -2.27. The molecule has 0 N–H and O–H groups in total. The lowest BCUT2D eigenvalue weighted by Crippen LogP contribution is -2.15. The fourth-order valence-electron chi connectivity index (χ4n) is 7.16. The quantitative estimate of drug-likeness (QED) is 0.163. The van der Waals surface area contributed by atoms with E-state index in [1.165, 1.54) is 22.3 Å². The van der Waals surface area contributed by atoms with E-state index in [1.807, 2.05) is 54.6 Å². The van der Waals surface area contributed by atoms with E-state index >= 15 is 0 Å². The average molecular weight is 688 g/mol. The Balaban J connectivity index is 0.000000515. The van der Waals surface area contributed by atoms with Gasteiger partial charge in [0.15, 0.2) is 0 Å². The van der Waals surface area contributed by atoms with E-state index in [4.69, 9.17) is 8.83 Å². The number of rotatable bonds is 6. The third kappa shape index (κ3) is 6.66. The van der Waals surface area contributed by atoms with E-state index in [9.17, 15) is 0 Å². The average Bonchev–Trinajstić information content (AvgIpc) is 3.77. The van der Waals surface area contributed by atoms with E-state index in [-0.39, 0.29) is 0 Å². The molecular formula is C50H41NO2. The van der Waals surface area contributed by atoms with Crippen LogP contribution in [0.1, 0.15) is 26.3 Å². The predicted molar refractivity (Wildman–Crippen MR) is 225 cm³/mol. The van der Waals surface area contributed by atoms with Crippen LogP contribution in [-0.2, 0) is 0 Å². The highest BCUT2D eigenvalue weighted by molar-refractivity contribution is 6.13. The minimum Gasteiger partial charge on any atom is -0.456 e. The maximum absolute atomic E-state index is 6.17. The molecule has 0 radical (unpaired) electrons. The summed E-state index contributed by atoms with van der Waals surface area (Å²) in [5.41, 5.74) is 14.1. The Kier molecular flexibility index (Phi) is 9.23. The van der Waals surface area contributed by atoms with Crippen LogP contribution in [-0.4, -0.2) is 0 Å². The first-order valence-electron chi connectivity index (χ1n) is 18.1. The molecule has 0 fully saturated rings. The van der Waals surface area contributed by atoms with Crippen molar-refractivity contribution in [2.24, 2.45) is 0 Å². The summed E-state index contributed by atoms with van der Waals surface area (Å²) in [6.45, 7) is 8.46. The van der Waals surface area contributed by atoms with E-state index in [0.717, 1.165) is 72.1 Å². The first-order chi connectivity index (χ1) is 26.0. The molecule has 3 nitrogen and oxygen atoms in total. The second-order valence-corrected chi connectivity index (χ2v) is 13.6. The van der Waals surface area contributed by atoms with Crippen molar-refractivity contribution in [2.75, 3.05) is 4.90 Å². The summed E-state index contributed by atoms with van der Waals surface area (Å²) in [6.07, 6.45) is 4.41. The van der Waals surface area contributed by atoms with Crippen molar-refractivity contribution in [1.82, 2.24) is 0 Å². The van der Waals surface area contributed by atoms with Crippen LogP contribution >= 0.6 is 0 Å². The van der Waals surface area contributed by atoms with Gasteiger partial charge in [-0.05, 0) is 105 Å². The number of allylic oxidation sites excluding steroid dienone is 3. The lowest BCUT2D eigenvalue weighted by atomic mass is 9.98. The van der Waals surface area contributed by atoms with Gasteiger partial charge in [0, 0.05) is 38.6 Å². The molecule has 3 heteroatoms. The topological polar surface area (TPSA) is 29.5 Å². The number of hydrogen-bond donors (Lipinski definition) is 0. The molecule has 0 atom stereocenters. The highest BCUT2D eigenvalue weighted by atomic mass is 16.3. The van der Waals surface area contributed by atoms with Crippen LogP contribution in [0.25, 0.3) is 66.1 Å². The number of aryl methyl sites for hydroxylation is 1. The Morgan fingerprint density at radius 3 is 1.32 bits per heavy atom. The van der Waals surface area contributed by atoms with Gasteiger partial charge in [-0.3, -0.25) is 0 Å². The van der Waals surface area contributed by atoms with Crippen molar-refractivity contribution >= 4 is 55.3 Å². The maximum atomic E-state index is 6.17. The molecule has 9 aromatic rings. The van der Waals surface area contributed by atoms with Crippen LogP contribution in [0.2, 0.25) is 0 Å². The first-order valence-corrected chi connectivity index (χ1v) is 18.1. The standard InChI is InChI=1S/C43H33NO2.C7H8/c1-4-31(27-28(2)3)44(32-23-19-29(20-24-32)34-13-9-17-40-42(34)36-11-5-7-15-38(36)45-40)33-25-21-30(22-26-33)35-14-10-18-41-43(35)37-12-6-8-16-39(37)46-41;1-7-5-3-2-4-6-7/h4-27H,1-3H3;2-6H,1H3/b31-4+;. The summed E-state index contributed by atoms with van der Waals surface area (Å²) in [5.74, 6) is 0. The highest BCUT2D eigenvalue weighted by Crippen LogP contribution is 2.40. The Labute approximate surface area is 310 Å². The normalized spacial score (nSPS) is 11.5. The van der Waals surface area contributed by atoms with Gasteiger partial charge in [0.2, 0.25) is 0 Å². The number of anilines is 2. The smallest absolute Gasteiger partial charge is 0.136 e. The molecule has 53 heavy (non-hydrogen) atoms. The third-order valence-electron chi connectivity index (χ3n) is 9.61. The summed E-state index contributed by atoms with van der Waals surface area (Å²) in [4.78, 5) is 2.32. The summed E-state index contributed by atoms with van der Waals surface area (Å²) in [5, 5.41) is 4.57. The molecule has 2 aromatic heterocycles. The molecule has 0 aliphatic rings. The third-order valence-corrected chi connectivity index (χ3v) is 9.61. The molecule has 0 aliphatic heterocycles. The van der Waals surface area contributed by atoms with Crippen molar-refractivity contribution in [3.63, 3.8) is 0 Å². The monoisotopic (exact) mass is 687 g/mol. The van der Waals surface area contributed by atoms with Gasteiger partial charge >= 0.3 is 0 Å². The first kappa shape index (κ1) is 33.6. The van der Waals surface area contributed by atoms with Crippen LogP contribution in [0.3, 0.4) is 0 Å². The zero-order chi connectivity index (χ0) is 36.3. The molecule has 0 bridgehead atoms. The summed E-state index contributed by atoms with van der Waals surface area (Å²) in [6, 6.07) is 57.1. The van der Waals surface area contributed by atoms with Gasteiger partial charge in [-0.25, -0.2) is 0 Å². The van der Waals surface area contributed by atoms with Crippen molar-refractivity contribution in [1.29, 1.82) is 0 Å². The molecule has 7 aromatic carbocycles. The molecule has 258 valence electrons. The van der Waals surface area contributed by atoms with E-state index in [0.29, 0.717) is 0 Å². The van der Waals surface area contributed by atoms with Gasteiger partial charge in [0.25, 0.3) is 0 Å². The second-order valence-electron chi connectivity index (χ2n) is 13.6. The number of nitrogens with zero attached hydrogens (tertiary/aromatic N) is 1. The van der Waals surface area contributed by atoms with E-state index < -0.39 is 0 Å². The fraction of sp³-hybridized carbons (Fsp3) is 0.0800. The molecule has 0 aliphatic carbocycles. The van der Waals surface area contributed by atoms with Gasteiger partial charge in [0.05, 0.1) is 0 Å². The van der Waals surface area contributed by atoms with Gasteiger partial charge in [-0.2, -0.15) is 0 Å². The van der Waals surface area contributed by atoms with E-state index in [1.54, 1.807) is 0 Å². The van der Waals surface area contributed by atoms with Gasteiger partial charge in [-0.15, -0.1) is 0 Å². The Bertz CT molecular complexity index is 2580. The zero-order valence-corrected chi connectivity index (χ0v) is 30.5. The van der Waals surface area contributed by atoms with Crippen molar-refractivity contribution < 1.29 is 8.83 Å². The predicted octanol–water partition coefficient (Wildman–Crippen LogP) is 14.8. The molecule has 9 rings (SSSR count). The highest BCUT2D eigenvalue weighted by Gasteiger charge is 2.17. The number of fused-ring (bicyclic) bond motifs is 6. The van der Waals surface area contributed by atoms with Gasteiger partial charge in [0.1, 0.15) is 22.3 Å². The molecule has 0 unspecified atom stereocenters.